The van der Waals surface area contributed by atoms with Crippen LogP contribution in [0.1, 0.15) is 44.1 Å². The zero-order valence-electron chi connectivity index (χ0n) is 13.9. The number of anilines is 1. The number of carbonyl (C=O) groups excluding carboxylic acids is 1. The molecular weight excluding hydrogens is 290 g/mol. The molecule has 2 aliphatic rings. The number of nitrogens with one attached hydrogen (secondary N) is 1. The summed E-state index contributed by atoms with van der Waals surface area (Å²) in [6.07, 6.45) is 7.09. The van der Waals surface area contributed by atoms with Crippen molar-refractivity contribution in [1.29, 1.82) is 0 Å². The van der Waals surface area contributed by atoms with Crippen molar-refractivity contribution in [3.05, 3.63) is 23.9 Å². The lowest BCUT2D eigenvalue weighted by Crippen LogP contribution is -2.49. The molecule has 1 saturated carbocycles. The first-order valence-electron chi connectivity index (χ1n) is 8.79. The Hall–Kier alpha value is -1.62. The number of rotatable bonds is 3. The van der Waals surface area contributed by atoms with E-state index in [4.69, 9.17) is 0 Å². The van der Waals surface area contributed by atoms with Crippen molar-refractivity contribution < 1.29 is 9.90 Å². The van der Waals surface area contributed by atoms with Crippen LogP contribution < -0.4 is 10.2 Å². The second kappa shape index (κ2) is 7.30. The summed E-state index contributed by atoms with van der Waals surface area (Å²) in [6, 6.07) is 4.08. The van der Waals surface area contributed by atoms with Gasteiger partial charge in [0.25, 0.3) is 0 Å². The molecule has 3 rings (SSSR count). The van der Waals surface area contributed by atoms with Gasteiger partial charge in [0, 0.05) is 25.2 Å². The number of hydrogen-bond acceptors (Lipinski definition) is 4. The Morgan fingerprint density at radius 3 is 2.61 bits per heavy atom. The van der Waals surface area contributed by atoms with Gasteiger partial charge in [0.1, 0.15) is 5.82 Å². The molecule has 2 atom stereocenters. The van der Waals surface area contributed by atoms with E-state index in [-0.39, 0.29) is 24.0 Å². The Morgan fingerprint density at radius 2 is 1.96 bits per heavy atom. The number of pyridine rings is 1. The van der Waals surface area contributed by atoms with E-state index in [1.54, 1.807) is 0 Å². The van der Waals surface area contributed by atoms with E-state index < -0.39 is 0 Å². The molecule has 1 saturated heterocycles. The van der Waals surface area contributed by atoms with Crippen LogP contribution in [0.5, 0.6) is 0 Å². The van der Waals surface area contributed by atoms with Gasteiger partial charge in [-0.3, -0.25) is 4.79 Å². The maximum Gasteiger partial charge on any atom is 0.223 e. The first kappa shape index (κ1) is 16.2. The number of aliphatic hydroxyl groups is 1. The second-order valence-electron chi connectivity index (χ2n) is 6.92. The number of aryl methyl sites for hydroxylation is 1. The van der Waals surface area contributed by atoms with Gasteiger partial charge in [-0.1, -0.05) is 18.9 Å². The summed E-state index contributed by atoms with van der Waals surface area (Å²) in [4.78, 5) is 19.2. The van der Waals surface area contributed by atoms with Gasteiger partial charge in [-0.05, 0) is 44.2 Å². The highest BCUT2D eigenvalue weighted by Gasteiger charge is 2.30. The van der Waals surface area contributed by atoms with Crippen LogP contribution in [0.3, 0.4) is 0 Å². The fraction of sp³-hybridized carbons (Fsp3) is 0.667. The minimum atomic E-state index is -0.371. The lowest BCUT2D eigenvalue weighted by Gasteiger charge is -2.34. The Balaban J connectivity index is 1.50. The summed E-state index contributed by atoms with van der Waals surface area (Å²) >= 11 is 0. The molecule has 5 nitrogen and oxygen atoms in total. The predicted octanol–water partition coefficient (Wildman–Crippen LogP) is 2.03. The minimum Gasteiger partial charge on any atom is -0.391 e. The van der Waals surface area contributed by atoms with Crippen LogP contribution in [0.4, 0.5) is 5.82 Å². The quantitative estimate of drug-likeness (QED) is 0.895. The zero-order valence-corrected chi connectivity index (χ0v) is 13.9. The smallest absolute Gasteiger partial charge is 0.223 e. The van der Waals surface area contributed by atoms with Crippen LogP contribution in [0.2, 0.25) is 0 Å². The summed E-state index contributed by atoms with van der Waals surface area (Å²) in [5.41, 5.74) is 1.16. The number of piperidine rings is 1. The summed E-state index contributed by atoms with van der Waals surface area (Å²) in [5.74, 6) is 1.18. The van der Waals surface area contributed by atoms with E-state index in [0.29, 0.717) is 0 Å². The number of hydrogen-bond donors (Lipinski definition) is 2. The molecule has 1 amide bonds. The van der Waals surface area contributed by atoms with E-state index in [2.05, 4.69) is 21.3 Å². The van der Waals surface area contributed by atoms with Gasteiger partial charge in [-0.25, -0.2) is 4.98 Å². The van der Waals surface area contributed by atoms with Gasteiger partial charge >= 0.3 is 0 Å². The average Bonchev–Trinajstić information content (AvgIpc) is 2.58. The van der Waals surface area contributed by atoms with E-state index in [1.807, 2.05) is 19.2 Å². The van der Waals surface area contributed by atoms with Crippen molar-refractivity contribution in [1.82, 2.24) is 10.3 Å². The monoisotopic (exact) mass is 317 g/mol. The molecule has 126 valence electrons. The lowest BCUT2D eigenvalue weighted by atomic mass is 9.90. The van der Waals surface area contributed by atoms with Crippen LogP contribution in [-0.4, -0.2) is 41.2 Å². The fourth-order valence-electron chi connectivity index (χ4n) is 3.60. The maximum atomic E-state index is 12.4. The third kappa shape index (κ3) is 4.02. The van der Waals surface area contributed by atoms with E-state index >= 15 is 0 Å². The van der Waals surface area contributed by atoms with Gasteiger partial charge in [0.05, 0.1) is 12.1 Å². The van der Waals surface area contributed by atoms with Crippen molar-refractivity contribution in [2.75, 3.05) is 18.0 Å². The molecule has 2 unspecified atom stereocenters. The first-order valence-corrected chi connectivity index (χ1v) is 8.79. The summed E-state index contributed by atoms with van der Waals surface area (Å²) < 4.78 is 0. The molecule has 1 aromatic heterocycles. The van der Waals surface area contributed by atoms with Gasteiger partial charge in [-0.2, -0.15) is 0 Å². The standard InChI is InChI=1S/C18H27N3O2/c1-13-6-7-17(19-12-13)21-10-8-14(9-11-21)18(23)20-15-4-2-3-5-16(15)22/h6-7,12,14-16,22H,2-5,8-11H2,1H3,(H,20,23). The van der Waals surface area contributed by atoms with Crippen molar-refractivity contribution in [2.45, 2.75) is 57.6 Å². The van der Waals surface area contributed by atoms with Crippen molar-refractivity contribution >= 4 is 11.7 Å². The van der Waals surface area contributed by atoms with Crippen LogP contribution in [0.25, 0.3) is 0 Å². The van der Waals surface area contributed by atoms with Crippen LogP contribution >= 0.6 is 0 Å². The SMILES string of the molecule is Cc1ccc(N2CCC(C(=O)NC3CCCCC3O)CC2)nc1. The van der Waals surface area contributed by atoms with E-state index in [1.165, 1.54) is 0 Å². The third-order valence-corrected chi connectivity index (χ3v) is 5.14. The molecule has 0 spiro atoms. The Labute approximate surface area is 138 Å². The largest absolute Gasteiger partial charge is 0.391 e. The molecule has 1 aliphatic heterocycles. The molecule has 0 aromatic carbocycles. The number of amides is 1. The normalized spacial score (nSPS) is 26.1. The third-order valence-electron chi connectivity index (χ3n) is 5.14. The minimum absolute atomic E-state index is 0.0481. The molecule has 0 radical (unpaired) electrons. The lowest BCUT2D eigenvalue weighted by molar-refractivity contribution is -0.127. The predicted molar refractivity (Wildman–Crippen MR) is 90.3 cm³/mol. The Bertz CT molecular complexity index is 524. The molecule has 5 heteroatoms. The highest BCUT2D eigenvalue weighted by molar-refractivity contribution is 5.79. The highest BCUT2D eigenvalue weighted by atomic mass is 16.3. The summed E-state index contributed by atoms with van der Waals surface area (Å²) in [5, 5.41) is 13.1. The zero-order chi connectivity index (χ0) is 16.2. The number of aliphatic hydroxyl groups excluding tert-OH is 1. The van der Waals surface area contributed by atoms with E-state index in [9.17, 15) is 9.90 Å². The van der Waals surface area contributed by atoms with Crippen molar-refractivity contribution in [3.8, 4) is 0 Å². The Kier molecular flexibility index (Phi) is 5.16. The van der Waals surface area contributed by atoms with Gasteiger partial charge in [-0.15, -0.1) is 0 Å². The van der Waals surface area contributed by atoms with Gasteiger partial charge < -0.3 is 15.3 Å². The first-order chi connectivity index (χ1) is 11.1. The number of nitrogens with zero attached hydrogens (tertiary/aromatic N) is 2. The molecule has 0 bridgehead atoms. The number of aromatic nitrogens is 1. The molecule has 2 N–H and O–H groups in total. The summed E-state index contributed by atoms with van der Waals surface area (Å²) in [7, 11) is 0. The van der Waals surface area contributed by atoms with Crippen molar-refractivity contribution in [2.24, 2.45) is 5.92 Å². The fourth-order valence-corrected chi connectivity index (χ4v) is 3.60. The Morgan fingerprint density at radius 1 is 1.22 bits per heavy atom. The number of carbonyl (C=O) groups is 1. The summed E-state index contributed by atoms with van der Waals surface area (Å²) in [6.45, 7) is 3.76. The maximum absolute atomic E-state index is 12.4. The van der Waals surface area contributed by atoms with Crippen LogP contribution in [0, 0.1) is 12.8 Å². The van der Waals surface area contributed by atoms with Crippen LogP contribution in [-0.2, 0) is 4.79 Å². The topological polar surface area (TPSA) is 65.5 Å². The van der Waals surface area contributed by atoms with Gasteiger partial charge in [0.2, 0.25) is 5.91 Å². The van der Waals surface area contributed by atoms with E-state index in [0.717, 1.165) is 63.0 Å². The molecule has 1 aromatic rings. The molecule has 1 aliphatic carbocycles. The highest BCUT2D eigenvalue weighted by Crippen LogP contribution is 2.24. The molecule has 2 fully saturated rings. The second-order valence-corrected chi connectivity index (χ2v) is 6.92. The van der Waals surface area contributed by atoms with Crippen molar-refractivity contribution in [3.63, 3.8) is 0 Å². The molecule has 2 heterocycles. The average molecular weight is 317 g/mol. The molecule has 23 heavy (non-hydrogen) atoms. The van der Waals surface area contributed by atoms with Gasteiger partial charge in [0.15, 0.2) is 0 Å². The van der Waals surface area contributed by atoms with Crippen LogP contribution in [0.15, 0.2) is 18.3 Å². The molecular formula is C18H27N3O2.